The zero-order valence-electron chi connectivity index (χ0n) is 12.7. The minimum absolute atomic E-state index is 0.00464. The zero-order valence-corrected chi connectivity index (χ0v) is 14.3. The maximum atomic E-state index is 11.5. The number of hydrogen-bond acceptors (Lipinski definition) is 6. The molecular formula is C13H20BrN3O4. The van der Waals surface area contributed by atoms with Gasteiger partial charge in [-0.15, -0.1) is 0 Å². The predicted molar refractivity (Wildman–Crippen MR) is 79.6 cm³/mol. The van der Waals surface area contributed by atoms with E-state index in [1.807, 2.05) is 14.0 Å². The molecule has 0 saturated heterocycles. The first-order chi connectivity index (χ1) is 9.92. The Morgan fingerprint density at radius 3 is 2.14 bits per heavy atom. The average molecular weight is 362 g/mol. The third-order valence-electron chi connectivity index (χ3n) is 3.04. The summed E-state index contributed by atoms with van der Waals surface area (Å²) in [5.74, 6) is -0.819. The summed E-state index contributed by atoms with van der Waals surface area (Å²) >= 11 is 3.52. The van der Waals surface area contributed by atoms with Gasteiger partial charge in [0, 0.05) is 13.6 Å². The third kappa shape index (κ3) is 4.82. The number of ether oxygens (including phenoxy) is 2. The Bertz CT molecular complexity index is 498. The number of nitrogens with zero attached hydrogens (tertiary/aromatic N) is 3. The van der Waals surface area contributed by atoms with E-state index in [2.05, 4.69) is 30.5 Å². The summed E-state index contributed by atoms with van der Waals surface area (Å²) in [5.41, 5.74) is 1.82. The highest BCUT2D eigenvalue weighted by molar-refractivity contribution is 9.10. The van der Waals surface area contributed by atoms with Crippen molar-refractivity contribution in [1.29, 1.82) is 0 Å². The summed E-state index contributed by atoms with van der Waals surface area (Å²) in [6.07, 6.45) is 0.794. The molecule has 1 heterocycles. The van der Waals surface area contributed by atoms with E-state index in [1.54, 1.807) is 9.58 Å². The quantitative estimate of drug-likeness (QED) is 0.671. The van der Waals surface area contributed by atoms with Gasteiger partial charge in [-0.05, 0) is 22.4 Å². The summed E-state index contributed by atoms with van der Waals surface area (Å²) in [5, 5.41) is 4.39. The van der Waals surface area contributed by atoms with Crippen molar-refractivity contribution in [3.8, 4) is 0 Å². The molecule has 1 aromatic rings. The lowest BCUT2D eigenvalue weighted by molar-refractivity contribution is -0.145. The number of rotatable bonds is 7. The van der Waals surface area contributed by atoms with Gasteiger partial charge in [0.25, 0.3) is 0 Å². The molecule has 0 fully saturated rings. The van der Waals surface area contributed by atoms with E-state index < -0.39 is 11.9 Å². The van der Waals surface area contributed by atoms with Crippen molar-refractivity contribution < 1.29 is 19.1 Å². The van der Waals surface area contributed by atoms with Gasteiger partial charge in [0.1, 0.15) is 0 Å². The number of aromatic nitrogens is 2. The van der Waals surface area contributed by atoms with Gasteiger partial charge in [-0.1, -0.05) is 6.92 Å². The van der Waals surface area contributed by atoms with Crippen molar-refractivity contribution in [3.63, 3.8) is 0 Å². The molecule has 1 aromatic heterocycles. The Morgan fingerprint density at radius 2 is 1.76 bits per heavy atom. The second kappa shape index (κ2) is 8.14. The molecule has 0 aliphatic heterocycles. The molecule has 118 valence electrons. The number of esters is 2. The van der Waals surface area contributed by atoms with Crippen molar-refractivity contribution in [2.45, 2.75) is 19.9 Å². The van der Waals surface area contributed by atoms with Crippen molar-refractivity contribution >= 4 is 27.9 Å². The maximum Gasteiger partial charge on any atom is 0.319 e. The summed E-state index contributed by atoms with van der Waals surface area (Å²) in [4.78, 5) is 24.6. The van der Waals surface area contributed by atoms with Crippen molar-refractivity contribution in [2.75, 3.05) is 27.3 Å². The number of aryl methyl sites for hydroxylation is 2. The van der Waals surface area contributed by atoms with Crippen LogP contribution in [-0.4, -0.2) is 53.9 Å². The van der Waals surface area contributed by atoms with Crippen molar-refractivity contribution in [2.24, 2.45) is 7.05 Å². The minimum Gasteiger partial charge on any atom is -0.468 e. The fraction of sp³-hybridized carbons (Fsp3) is 0.615. The second-order valence-electron chi connectivity index (χ2n) is 4.48. The molecule has 0 bridgehead atoms. The topological polar surface area (TPSA) is 73.7 Å². The normalized spacial score (nSPS) is 10.8. The first kappa shape index (κ1) is 17.6. The number of hydrogen-bond donors (Lipinski definition) is 0. The highest BCUT2D eigenvalue weighted by Crippen LogP contribution is 2.22. The Labute approximate surface area is 132 Å². The lowest BCUT2D eigenvalue weighted by Gasteiger charge is -2.19. The van der Waals surface area contributed by atoms with Gasteiger partial charge in [0.05, 0.1) is 43.2 Å². The molecule has 0 aliphatic carbocycles. The molecule has 1 rings (SSSR count). The number of halogens is 1. The van der Waals surface area contributed by atoms with Crippen LogP contribution in [0.4, 0.5) is 0 Å². The summed E-state index contributed by atoms with van der Waals surface area (Å²) in [6.45, 7) is 2.40. The van der Waals surface area contributed by atoms with E-state index in [4.69, 9.17) is 0 Å². The number of carbonyl (C=O) groups excluding carboxylic acids is 2. The van der Waals surface area contributed by atoms with Crippen LogP contribution in [0.3, 0.4) is 0 Å². The smallest absolute Gasteiger partial charge is 0.319 e. The van der Waals surface area contributed by atoms with Crippen LogP contribution in [0.15, 0.2) is 4.47 Å². The average Bonchev–Trinajstić information content (AvgIpc) is 2.74. The van der Waals surface area contributed by atoms with Gasteiger partial charge in [-0.25, -0.2) is 0 Å². The largest absolute Gasteiger partial charge is 0.468 e. The van der Waals surface area contributed by atoms with E-state index in [9.17, 15) is 9.59 Å². The molecule has 8 heteroatoms. The standard InChI is InChI=1S/C13H20BrN3O4/c1-5-9-13(14)10(16(2)15-9)6-17(7-11(18)20-3)8-12(19)21-4/h5-8H2,1-4H3. The minimum atomic E-state index is -0.409. The Morgan fingerprint density at radius 1 is 1.24 bits per heavy atom. The van der Waals surface area contributed by atoms with Gasteiger partial charge in [-0.3, -0.25) is 19.2 Å². The molecule has 0 spiro atoms. The van der Waals surface area contributed by atoms with Crippen LogP contribution in [0.25, 0.3) is 0 Å². The molecule has 0 radical (unpaired) electrons. The molecule has 0 atom stereocenters. The monoisotopic (exact) mass is 361 g/mol. The number of carbonyl (C=O) groups is 2. The van der Waals surface area contributed by atoms with Crippen LogP contribution in [-0.2, 0) is 39.1 Å². The highest BCUT2D eigenvalue weighted by atomic mass is 79.9. The fourth-order valence-electron chi connectivity index (χ4n) is 1.87. The molecule has 7 nitrogen and oxygen atoms in total. The van der Waals surface area contributed by atoms with Crippen LogP contribution in [0.5, 0.6) is 0 Å². The predicted octanol–water partition coefficient (Wildman–Crippen LogP) is 0.893. The maximum absolute atomic E-state index is 11.5. The second-order valence-corrected chi connectivity index (χ2v) is 5.27. The van der Waals surface area contributed by atoms with Gasteiger partial charge in [0.15, 0.2) is 0 Å². The van der Waals surface area contributed by atoms with Crippen LogP contribution in [0, 0.1) is 0 Å². The van der Waals surface area contributed by atoms with Gasteiger partial charge < -0.3 is 9.47 Å². The Hall–Kier alpha value is -1.41. The van der Waals surface area contributed by atoms with Crippen molar-refractivity contribution in [1.82, 2.24) is 14.7 Å². The zero-order chi connectivity index (χ0) is 16.0. The van der Waals surface area contributed by atoms with E-state index in [1.165, 1.54) is 14.2 Å². The molecule has 0 amide bonds. The lowest BCUT2D eigenvalue weighted by atomic mass is 10.3. The summed E-state index contributed by atoms with van der Waals surface area (Å²) in [7, 11) is 4.45. The van der Waals surface area contributed by atoms with Crippen LogP contribution in [0.1, 0.15) is 18.3 Å². The van der Waals surface area contributed by atoms with Gasteiger partial charge in [-0.2, -0.15) is 5.10 Å². The molecule has 0 unspecified atom stereocenters. The van der Waals surface area contributed by atoms with Crippen LogP contribution < -0.4 is 0 Å². The van der Waals surface area contributed by atoms with E-state index in [-0.39, 0.29) is 13.1 Å². The first-order valence-corrected chi connectivity index (χ1v) is 7.28. The van der Waals surface area contributed by atoms with Gasteiger partial charge in [0.2, 0.25) is 0 Å². The first-order valence-electron chi connectivity index (χ1n) is 6.49. The molecule has 21 heavy (non-hydrogen) atoms. The third-order valence-corrected chi connectivity index (χ3v) is 3.95. The lowest BCUT2D eigenvalue weighted by Crippen LogP contribution is -2.35. The van der Waals surface area contributed by atoms with Crippen LogP contribution >= 0.6 is 15.9 Å². The Balaban J connectivity index is 2.91. The molecule has 0 saturated carbocycles. The molecular weight excluding hydrogens is 342 g/mol. The number of methoxy groups -OCH3 is 2. The highest BCUT2D eigenvalue weighted by Gasteiger charge is 2.20. The van der Waals surface area contributed by atoms with Crippen LogP contribution in [0.2, 0.25) is 0 Å². The fourth-order valence-corrected chi connectivity index (χ4v) is 2.61. The molecule has 0 aromatic carbocycles. The van der Waals surface area contributed by atoms with E-state index in [0.29, 0.717) is 6.54 Å². The summed E-state index contributed by atoms with van der Waals surface area (Å²) in [6, 6.07) is 0. The Kier molecular flexibility index (Phi) is 6.83. The molecule has 0 aliphatic rings. The SMILES string of the molecule is CCc1nn(C)c(CN(CC(=O)OC)CC(=O)OC)c1Br. The van der Waals surface area contributed by atoms with E-state index >= 15 is 0 Å². The van der Waals surface area contributed by atoms with Gasteiger partial charge >= 0.3 is 11.9 Å². The van der Waals surface area contributed by atoms with E-state index in [0.717, 1.165) is 22.3 Å². The molecule has 0 N–H and O–H groups in total. The van der Waals surface area contributed by atoms with Crippen molar-refractivity contribution in [3.05, 3.63) is 15.9 Å². The summed E-state index contributed by atoms with van der Waals surface area (Å²) < 4.78 is 11.9.